The summed E-state index contributed by atoms with van der Waals surface area (Å²) in [5.41, 5.74) is 8.41. The summed E-state index contributed by atoms with van der Waals surface area (Å²) in [5, 5.41) is 12.1. The van der Waals surface area contributed by atoms with E-state index in [0.29, 0.717) is 22.7 Å². The fourth-order valence-corrected chi connectivity index (χ4v) is 1.67. The normalized spacial score (nSPS) is 21.8. The zero-order valence-corrected chi connectivity index (χ0v) is 9.04. The van der Waals surface area contributed by atoms with Crippen molar-refractivity contribution in [2.24, 2.45) is 5.41 Å². The van der Waals surface area contributed by atoms with Crippen LogP contribution in [0.5, 0.6) is 0 Å². The summed E-state index contributed by atoms with van der Waals surface area (Å²) < 4.78 is 0. The van der Waals surface area contributed by atoms with Crippen molar-refractivity contribution in [1.82, 2.24) is 0 Å². The molecular formula is C12H15N3. The first-order chi connectivity index (χ1) is 7.03. The summed E-state index contributed by atoms with van der Waals surface area (Å²) in [5.74, 6) is 0. The lowest BCUT2D eigenvalue weighted by atomic mass is 10.1. The molecule has 0 saturated heterocycles. The lowest BCUT2D eigenvalue weighted by Gasteiger charge is -2.10. The number of nitriles is 1. The second-order valence-corrected chi connectivity index (χ2v) is 4.80. The fraction of sp³-hybridized carbons (Fsp3) is 0.417. The van der Waals surface area contributed by atoms with Gasteiger partial charge in [0.1, 0.15) is 0 Å². The molecule has 1 atom stereocenters. The molecule has 0 spiro atoms. The molecule has 0 aliphatic heterocycles. The van der Waals surface area contributed by atoms with E-state index in [2.05, 4.69) is 25.2 Å². The lowest BCUT2D eigenvalue weighted by Crippen LogP contribution is -2.10. The van der Waals surface area contributed by atoms with Gasteiger partial charge in [0, 0.05) is 6.04 Å². The summed E-state index contributed by atoms with van der Waals surface area (Å²) in [6.07, 6.45) is 1.17. The van der Waals surface area contributed by atoms with Gasteiger partial charge in [0.15, 0.2) is 0 Å². The molecule has 0 amide bonds. The second kappa shape index (κ2) is 3.16. The van der Waals surface area contributed by atoms with Gasteiger partial charge in [-0.15, -0.1) is 0 Å². The molecule has 0 heterocycles. The number of anilines is 2. The van der Waals surface area contributed by atoms with Crippen LogP contribution >= 0.6 is 0 Å². The van der Waals surface area contributed by atoms with Gasteiger partial charge in [-0.3, -0.25) is 0 Å². The monoisotopic (exact) mass is 201 g/mol. The van der Waals surface area contributed by atoms with Gasteiger partial charge in [-0.05, 0) is 30.0 Å². The van der Waals surface area contributed by atoms with E-state index in [-0.39, 0.29) is 0 Å². The predicted octanol–water partition coefficient (Wildman–Crippen LogP) is 2.35. The summed E-state index contributed by atoms with van der Waals surface area (Å²) >= 11 is 0. The minimum Gasteiger partial charge on any atom is -0.397 e. The third-order valence-electron chi connectivity index (χ3n) is 3.02. The van der Waals surface area contributed by atoms with E-state index >= 15 is 0 Å². The number of rotatable bonds is 2. The Kier molecular flexibility index (Phi) is 2.08. The Morgan fingerprint density at radius 2 is 2.20 bits per heavy atom. The first-order valence-electron chi connectivity index (χ1n) is 5.09. The van der Waals surface area contributed by atoms with Crippen LogP contribution in [0.4, 0.5) is 11.4 Å². The van der Waals surface area contributed by atoms with Gasteiger partial charge in [-0.25, -0.2) is 0 Å². The van der Waals surface area contributed by atoms with Crippen LogP contribution < -0.4 is 11.1 Å². The molecule has 1 fully saturated rings. The van der Waals surface area contributed by atoms with Crippen LogP contribution in [0, 0.1) is 16.7 Å². The van der Waals surface area contributed by atoms with Crippen LogP contribution in [0.3, 0.4) is 0 Å². The molecule has 1 unspecified atom stereocenters. The molecule has 1 aliphatic carbocycles. The molecule has 0 bridgehead atoms. The molecule has 0 aromatic heterocycles. The molecule has 3 heteroatoms. The molecule has 1 aromatic carbocycles. The molecular weight excluding hydrogens is 186 g/mol. The maximum absolute atomic E-state index is 8.70. The molecule has 15 heavy (non-hydrogen) atoms. The highest BCUT2D eigenvalue weighted by molar-refractivity contribution is 5.69. The number of nitrogens with two attached hydrogens (primary N) is 1. The van der Waals surface area contributed by atoms with Crippen molar-refractivity contribution in [3.05, 3.63) is 23.8 Å². The van der Waals surface area contributed by atoms with Crippen molar-refractivity contribution < 1.29 is 0 Å². The molecule has 78 valence electrons. The SMILES string of the molecule is CC1(C)CC1Nc1ccc(C#N)cc1N. The van der Waals surface area contributed by atoms with E-state index in [1.807, 2.05) is 6.07 Å². The third kappa shape index (κ3) is 1.89. The van der Waals surface area contributed by atoms with Crippen LogP contribution in [0.1, 0.15) is 25.8 Å². The maximum Gasteiger partial charge on any atom is 0.0992 e. The van der Waals surface area contributed by atoms with E-state index in [1.165, 1.54) is 6.42 Å². The number of nitrogens with zero attached hydrogens (tertiary/aromatic N) is 1. The first kappa shape index (κ1) is 9.85. The zero-order valence-electron chi connectivity index (χ0n) is 9.04. The summed E-state index contributed by atoms with van der Waals surface area (Å²) in [7, 11) is 0. The lowest BCUT2D eigenvalue weighted by molar-refractivity contribution is 0.631. The average molecular weight is 201 g/mol. The summed E-state index contributed by atoms with van der Waals surface area (Å²) in [6, 6.07) is 7.95. The van der Waals surface area contributed by atoms with Crippen LogP contribution in [0.2, 0.25) is 0 Å². The standard InChI is InChI=1S/C12H15N3/c1-12(2)6-11(12)15-10-4-3-8(7-13)5-9(10)14/h3-5,11,15H,6,14H2,1-2H3. The van der Waals surface area contributed by atoms with Crippen LogP contribution in [0.15, 0.2) is 18.2 Å². The van der Waals surface area contributed by atoms with Gasteiger partial charge >= 0.3 is 0 Å². The molecule has 3 N–H and O–H groups in total. The minimum absolute atomic E-state index is 0.375. The smallest absolute Gasteiger partial charge is 0.0992 e. The number of hydrogen-bond donors (Lipinski definition) is 2. The van der Waals surface area contributed by atoms with E-state index in [0.717, 1.165) is 5.69 Å². The molecule has 1 aliphatic rings. The second-order valence-electron chi connectivity index (χ2n) is 4.80. The highest BCUT2D eigenvalue weighted by atomic mass is 15.0. The molecule has 0 radical (unpaired) electrons. The van der Waals surface area contributed by atoms with Crippen LogP contribution in [0.25, 0.3) is 0 Å². The van der Waals surface area contributed by atoms with Gasteiger partial charge in [-0.2, -0.15) is 5.26 Å². The van der Waals surface area contributed by atoms with E-state index in [1.54, 1.807) is 12.1 Å². The van der Waals surface area contributed by atoms with E-state index in [4.69, 9.17) is 11.0 Å². The number of hydrogen-bond acceptors (Lipinski definition) is 3. The van der Waals surface area contributed by atoms with Crippen molar-refractivity contribution in [2.45, 2.75) is 26.3 Å². The van der Waals surface area contributed by atoms with Crippen molar-refractivity contribution in [2.75, 3.05) is 11.1 Å². The molecule has 1 saturated carbocycles. The van der Waals surface area contributed by atoms with Gasteiger partial charge in [0.05, 0.1) is 23.0 Å². The zero-order chi connectivity index (χ0) is 11.1. The largest absolute Gasteiger partial charge is 0.397 e. The molecule has 2 rings (SSSR count). The maximum atomic E-state index is 8.70. The van der Waals surface area contributed by atoms with Crippen molar-refractivity contribution in [3.8, 4) is 6.07 Å². The summed E-state index contributed by atoms with van der Waals surface area (Å²) in [6.45, 7) is 4.45. The predicted molar refractivity (Wildman–Crippen MR) is 61.4 cm³/mol. The Hall–Kier alpha value is -1.69. The fourth-order valence-electron chi connectivity index (χ4n) is 1.67. The van der Waals surface area contributed by atoms with Crippen molar-refractivity contribution in [3.63, 3.8) is 0 Å². The Balaban J connectivity index is 2.14. The van der Waals surface area contributed by atoms with Crippen LogP contribution in [-0.4, -0.2) is 6.04 Å². The first-order valence-corrected chi connectivity index (χ1v) is 5.09. The molecule has 1 aromatic rings. The van der Waals surface area contributed by atoms with Gasteiger partial charge in [-0.1, -0.05) is 13.8 Å². The number of nitrogen functional groups attached to an aromatic ring is 1. The number of benzene rings is 1. The van der Waals surface area contributed by atoms with Crippen LogP contribution in [-0.2, 0) is 0 Å². The Labute approximate surface area is 89.9 Å². The molecule has 3 nitrogen and oxygen atoms in total. The quantitative estimate of drug-likeness (QED) is 0.722. The van der Waals surface area contributed by atoms with Gasteiger partial charge in [0.2, 0.25) is 0 Å². The van der Waals surface area contributed by atoms with Gasteiger partial charge < -0.3 is 11.1 Å². The highest BCUT2D eigenvalue weighted by Gasteiger charge is 2.45. The minimum atomic E-state index is 0.375. The average Bonchev–Trinajstić information content (AvgIpc) is 2.77. The van der Waals surface area contributed by atoms with E-state index < -0.39 is 0 Å². The van der Waals surface area contributed by atoms with Gasteiger partial charge in [0.25, 0.3) is 0 Å². The third-order valence-corrected chi connectivity index (χ3v) is 3.02. The topological polar surface area (TPSA) is 61.8 Å². The Morgan fingerprint density at radius 3 is 2.67 bits per heavy atom. The summed E-state index contributed by atoms with van der Waals surface area (Å²) in [4.78, 5) is 0. The van der Waals surface area contributed by atoms with Crippen molar-refractivity contribution in [1.29, 1.82) is 5.26 Å². The van der Waals surface area contributed by atoms with Crippen molar-refractivity contribution >= 4 is 11.4 Å². The van der Waals surface area contributed by atoms with E-state index in [9.17, 15) is 0 Å². The Bertz CT molecular complexity index is 429. The number of nitrogens with one attached hydrogen (secondary N) is 1. The Morgan fingerprint density at radius 1 is 1.53 bits per heavy atom. The highest BCUT2D eigenvalue weighted by Crippen LogP contribution is 2.47.